The molecule has 2 unspecified atom stereocenters. The Balaban J connectivity index is 2.13. The highest BCUT2D eigenvalue weighted by Gasteiger charge is 2.26. The number of methoxy groups -OCH3 is 2. The van der Waals surface area contributed by atoms with Crippen LogP contribution in [0.1, 0.15) is 19.3 Å². The van der Waals surface area contributed by atoms with Crippen molar-refractivity contribution in [3.05, 3.63) is 0 Å². The Hall–Kier alpha value is -0.160. The molecule has 1 saturated carbocycles. The van der Waals surface area contributed by atoms with Crippen molar-refractivity contribution in [3.8, 4) is 0 Å². The van der Waals surface area contributed by atoms with Gasteiger partial charge in [0.2, 0.25) is 0 Å². The van der Waals surface area contributed by atoms with E-state index in [1.165, 1.54) is 19.3 Å². The molecule has 2 N–H and O–H groups in total. The highest BCUT2D eigenvalue weighted by molar-refractivity contribution is 4.78. The van der Waals surface area contributed by atoms with Gasteiger partial charge >= 0.3 is 0 Å². The Labute approximate surface area is 92.0 Å². The number of hydrogen-bond acceptors (Lipinski definition) is 4. The van der Waals surface area contributed by atoms with Crippen LogP contribution in [-0.4, -0.2) is 45.3 Å². The maximum absolute atomic E-state index is 9.16. The number of rotatable bonds is 7. The van der Waals surface area contributed by atoms with E-state index in [4.69, 9.17) is 14.6 Å². The smallest absolute Gasteiger partial charge is 0.169 e. The fraction of sp³-hybridized carbons (Fsp3) is 1.00. The Morgan fingerprint density at radius 2 is 1.93 bits per heavy atom. The van der Waals surface area contributed by atoms with Gasteiger partial charge in [-0.25, -0.2) is 0 Å². The van der Waals surface area contributed by atoms with Crippen LogP contribution in [0, 0.1) is 11.8 Å². The fourth-order valence-corrected chi connectivity index (χ4v) is 2.27. The van der Waals surface area contributed by atoms with Gasteiger partial charge in [-0.2, -0.15) is 0 Å². The van der Waals surface area contributed by atoms with Crippen molar-refractivity contribution >= 4 is 0 Å². The van der Waals surface area contributed by atoms with Gasteiger partial charge in [0.15, 0.2) is 6.29 Å². The molecule has 2 atom stereocenters. The zero-order chi connectivity index (χ0) is 11.1. The second kappa shape index (κ2) is 7.17. The van der Waals surface area contributed by atoms with Gasteiger partial charge in [0, 0.05) is 27.4 Å². The Morgan fingerprint density at radius 1 is 1.27 bits per heavy atom. The van der Waals surface area contributed by atoms with Gasteiger partial charge < -0.3 is 19.9 Å². The molecule has 0 aromatic rings. The highest BCUT2D eigenvalue weighted by atomic mass is 16.7. The minimum Gasteiger partial charge on any atom is -0.396 e. The van der Waals surface area contributed by atoms with E-state index in [1.807, 2.05) is 0 Å². The van der Waals surface area contributed by atoms with Crippen molar-refractivity contribution in [2.75, 3.05) is 33.9 Å². The number of nitrogens with one attached hydrogen (secondary N) is 1. The number of aliphatic hydroxyl groups is 1. The molecule has 1 fully saturated rings. The zero-order valence-electron chi connectivity index (χ0n) is 9.74. The summed E-state index contributed by atoms with van der Waals surface area (Å²) >= 11 is 0. The molecular formula is C11H23NO3. The summed E-state index contributed by atoms with van der Waals surface area (Å²) in [6, 6.07) is 0. The van der Waals surface area contributed by atoms with Crippen LogP contribution >= 0.6 is 0 Å². The summed E-state index contributed by atoms with van der Waals surface area (Å²) in [5, 5.41) is 12.5. The second-order valence-corrected chi connectivity index (χ2v) is 4.19. The van der Waals surface area contributed by atoms with Crippen LogP contribution in [0.25, 0.3) is 0 Å². The average Bonchev–Trinajstić information content (AvgIpc) is 2.72. The summed E-state index contributed by atoms with van der Waals surface area (Å²) < 4.78 is 10.2. The largest absolute Gasteiger partial charge is 0.396 e. The van der Waals surface area contributed by atoms with E-state index >= 15 is 0 Å². The summed E-state index contributed by atoms with van der Waals surface area (Å²) in [5.74, 6) is 1.10. The first kappa shape index (κ1) is 12.9. The topological polar surface area (TPSA) is 50.7 Å². The molecule has 0 spiro atoms. The van der Waals surface area contributed by atoms with Crippen LogP contribution in [0.5, 0.6) is 0 Å². The summed E-state index contributed by atoms with van der Waals surface area (Å²) in [5.41, 5.74) is 0. The Bertz CT molecular complexity index is 162. The van der Waals surface area contributed by atoms with Crippen LogP contribution < -0.4 is 5.32 Å². The monoisotopic (exact) mass is 217 g/mol. The third-order valence-electron chi connectivity index (χ3n) is 3.29. The van der Waals surface area contributed by atoms with Gasteiger partial charge in [-0.05, 0) is 31.2 Å². The third kappa shape index (κ3) is 4.07. The molecule has 1 rings (SSSR count). The van der Waals surface area contributed by atoms with Crippen molar-refractivity contribution < 1.29 is 14.6 Å². The first-order valence-corrected chi connectivity index (χ1v) is 5.69. The van der Waals surface area contributed by atoms with E-state index in [0.717, 1.165) is 6.54 Å². The molecule has 4 heteroatoms. The maximum Gasteiger partial charge on any atom is 0.169 e. The second-order valence-electron chi connectivity index (χ2n) is 4.19. The Morgan fingerprint density at radius 3 is 2.53 bits per heavy atom. The van der Waals surface area contributed by atoms with Crippen molar-refractivity contribution in [2.24, 2.45) is 11.8 Å². The first-order valence-electron chi connectivity index (χ1n) is 5.69. The third-order valence-corrected chi connectivity index (χ3v) is 3.29. The van der Waals surface area contributed by atoms with Crippen LogP contribution in [0.4, 0.5) is 0 Å². The van der Waals surface area contributed by atoms with E-state index in [1.54, 1.807) is 14.2 Å². The van der Waals surface area contributed by atoms with Gasteiger partial charge in [0.1, 0.15) is 0 Å². The van der Waals surface area contributed by atoms with E-state index in [2.05, 4.69) is 5.32 Å². The van der Waals surface area contributed by atoms with Crippen LogP contribution in [0.3, 0.4) is 0 Å². The molecule has 1 aliphatic rings. The summed E-state index contributed by atoms with van der Waals surface area (Å²) in [6.07, 6.45) is 3.47. The summed E-state index contributed by atoms with van der Waals surface area (Å²) in [6.45, 7) is 1.99. The van der Waals surface area contributed by atoms with Crippen molar-refractivity contribution in [1.82, 2.24) is 5.32 Å². The van der Waals surface area contributed by atoms with Crippen molar-refractivity contribution in [3.63, 3.8) is 0 Å². The maximum atomic E-state index is 9.16. The average molecular weight is 217 g/mol. The number of ether oxygens (including phenoxy) is 2. The molecule has 0 saturated heterocycles. The lowest BCUT2D eigenvalue weighted by atomic mass is 9.97. The van der Waals surface area contributed by atoms with Gasteiger partial charge in [-0.3, -0.25) is 0 Å². The van der Waals surface area contributed by atoms with Gasteiger partial charge in [0.25, 0.3) is 0 Å². The molecule has 15 heavy (non-hydrogen) atoms. The lowest BCUT2D eigenvalue weighted by Crippen LogP contribution is -2.34. The number of hydrogen-bond donors (Lipinski definition) is 2. The predicted octanol–water partition coefficient (Wildman–Crippen LogP) is 0.603. The molecule has 1 aliphatic carbocycles. The molecule has 0 aromatic heterocycles. The summed E-state index contributed by atoms with van der Waals surface area (Å²) in [7, 11) is 3.28. The standard InChI is InChI=1S/C11H23NO3/c1-14-11(15-2)7-12-6-9-4-3-5-10(9)8-13/h9-13H,3-8H2,1-2H3. The lowest BCUT2D eigenvalue weighted by molar-refractivity contribution is -0.0991. The summed E-state index contributed by atoms with van der Waals surface area (Å²) in [4.78, 5) is 0. The van der Waals surface area contributed by atoms with E-state index in [9.17, 15) is 0 Å². The predicted molar refractivity (Wildman–Crippen MR) is 58.6 cm³/mol. The quantitative estimate of drug-likeness (QED) is 0.613. The van der Waals surface area contributed by atoms with Gasteiger partial charge in [-0.15, -0.1) is 0 Å². The van der Waals surface area contributed by atoms with Gasteiger partial charge in [-0.1, -0.05) is 6.42 Å². The normalized spacial score (nSPS) is 26.4. The highest BCUT2D eigenvalue weighted by Crippen LogP contribution is 2.30. The fourth-order valence-electron chi connectivity index (χ4n) is 2.27. The van der Waals surface area contributed by atoms with Crippen molar-refractivity contribution in [2.45, 2.75) is 25.6 Å². The molecule has 0 aromatic carbocycles. The molecule has 0 aliphatic heterocycles. The molecule has 0 bridgehead atoms. The minimum absolute atomic E-state index is 0.168. The number of aliphatic hydroxyl groups excluding tert-OH is 1. The van der Waals surface area contributed by atoms with Crippen LogP contribution in [0.15, 0.2) is 0 Å². The van der Waals surface area contributed by atoms with Crippen molar-refractivity contribution in [1.29, 1.82) is 0 Å². The molecule has 4 nitrogen and oxygen atoms in total. The SMILES string of the molecule is COC(CNCC1CCCC1CO)OC. The van der Waals surface area contributed by atoms with E-state index in [0.29, 0.717) is 25.0 Å². The molecule has 90 valence electrons. The van der Waals surface area contributed by atoms with Gasteiger partial charge in [0.05, 0.1) is 0 Å². The first-order chi connectivity index (χ1) is 7.31. The van der Waals surface area contributed by atoms with Crippen LogP contribution in [-0.2, 0) is 9.47 Å². The van der Waals surface area contributed by atoms with E-state index in [-0.39, 0.29) is 6.29 Å². The molecule has 0 heterocycles. The van der Waals surface area contributed by atoms with Crippen LogP contribution in [0.2, 0.25) is 0 Å². The van der Waals surface area contributed by atoms with E-state index < -0.39 is 0 Å². The minimum atomic E-state index is -0.168. The molecular weight excluding hydrogens is 194 g/mol. The Kier molecular flexibility index (Phi) is 6.17. The molecule has 0 radical (unpaired) electrons. The zero-order valence-corrected chi connectivity index (χ0v) is 9.74. The lowest BCUT2D eigenvalue weighted by Gasteiger charge is -2.20. The molecule has 0 amide bonds.